The molecule has 0 atom stereocenters. The average Bonchev–Trinajstić information content (AvgIpc) is 2.71. The molecule has 0 aromatic carbocycles. The van der Waals surface area contributed by atoms with E-state index < -0.39 is 11.6 Å². The number of rotatable bonds is 4. The lowest BCUT2D eigenvalue weighted by Crippen LogP contribution is -2.47. The van der Waals surface area contributed by atoms with Crippen LogP contribution in [0.4, 0.5) is 4.79 Å². The Labute approximate surface area is 125 Å². The predicted octanol–water partition coefficient (Wildman–Crippen LogP) is -0.0811. The van der Waals surface area contributed by atoms with Gasteiger partial charge in [-0.25, -0.2) is 4.79 Å². The molecule has 7 nitrogen and oxygen atoms in total. The Morgan fingerprint density at radius 2 is 1.90 bits per heavy atom. The van der Waals surface area contributed by atoms with E-state index in [1.54, 1.807) is 4.90 Å². The van der Waals surface area contributed by atoms with Gasteiger partial charge in [0.2, 0.25) is 5.91 Å². The monoisotopic (exact) mass is 296 g/mol. The average molecular weight is 296 g/mol. The van der Waals surface area contributed by atoms with Gasteiger partial charge in [-0.05, 0) is 25.8 Å². The van der Waals surface area contributed by atoms with Crippen LogP contribution in [0, 0.1) is 0 Å². The van der Waals surface area contributed by atoms with Gasteiger partial charge in [-0.3, -0.25) is 14.5 Å². The molecule has 0 spiro atoms. The summed E-state index contributed by atoms with van der Waals surface area (Å²) in [7, 11) is 0. The van der Waals surface area contributed by atoms with Gasteiger partial charge in [0.25, 0.3) is 5.91 Å². The van der Waals surface area contributed by atoms with E-state index in [2.05, 4.69) is 10.6 Å². The summed E-state index contributed by atoms with van der Waals surface area (Å²) in [5.41, 5.74) is -0.836. The minimum absolute atomic E-state index is 0.160. The molecule has 2 fully saturated rings. The zero-order valence-corrected chi connectivity index (χ0v) is 12.8. The van der Waals surface area contributed by atoms with Crippen molar-refractivity contribution in [2.75, 3.05) is 32.7 Å². The quantitative estimate of drug-likeness (QED) is 0.711. The molecule has 4 amide bonds. The maximum Gasteiger partial charge on any atom is 0.325 e. The number of hydrogen-bond donors (Lipinski definition) is 2. The van der Waals surface area contributed by atoms with Crippen LogP contribution in [-0.4, -0.2) is 65.9 Å². The molecule has 21 heavy (non-hydrogen) atoms. The van der Waals surface area contributed by atoms with Gasteiger partial charge in [0.05, 0.1) is 0 Å². The van der Waals surface area contributed by atoms with Crippen molar-refractivity contribution >= 4 is 17.8 Å². The molecular weight excluding hydrogens is 272 g/mol. The highest BCUT2D eigenvalue weighted by Gasteiger charge is 2.49. The third-order valence-corrected chi connectivity index (χ3v) is 4.44. The molecule has 118 valence electrons. The first-order chi connectivity index (χ1) is 10.0. The van der Waals surface area contributed by atoms with E-state index in [4.69, 9.17) is 0 Å². The Bertz CT molecular complexity index is 426. The van der Waals surface area contributed by atoms with Crippen molar-refractivity contribution in [1.82, 2.24) is 20.4 Å². The number of nitrogens with one attached hydrogen (secondary N) is 2. The Morgan fingerprint density at radius 1 is 1.19 bits per heavy atom. The highest BCUT2D eigenvalue weighted by molar-refractivity contribution is 6.08. The molecule has 2 N–H and O–H groups in total. The van der Waals surface area contributed by atoms with Crippen molar-refractivity contribution in [1.29, 1.82) is 0 Å². The van der Waals surface area contributed by atoms with E-state index in [0.29, 0.717) is 25.9 Å². The molecule has 0 aromatic rings. The lowest BCUT2D eigenvalue weighted by atomic mass is 9.93. The van der Waals surface area contributed by atoms with Crippen molar-refractivity contribution in [2.24, 2.45) is 0 Å². The molecule has 2 aliphatic rings. The van der Waals surface area contributed by atoms with Crippen molar-refractivity contribution in [3.8, 4) is 0 Å². The minimum atomic E-state index is -0.836. The third kappa shape index (κ3) is 3.02. The van der Waals surface area contributed by atoms with Crippen LogP contribution >= 0.6 is 0 Å². The standard InChI is InChI=1S/C14H24N4O3/c1-3-14(4-2)12(20)18(13(21)16-14)10-11(19)17-8-5-6-15-7-9-17/h15H,3-10H2,1-2H3,(H,16,21). The Morgan fingerprint density at radius 3 is 2.52 bits per heavy atom. The van der Waals surface area contributed by atoms with E-state index in [-0.39, 0.29) is 18.4 Å². The van der Waals surface area contributed by atoms with E-state index >= 15 is 0 Å². The Hall–Kier alpha value is -1.63. The molecule has 0 saturated carbocycles. The van der Waals surface area contributed by atoms with E-state index in [0.717, 1.165) is 24.4 Å². The second-order valence-electron chi connectivity index (χ2n) is 5.60. The second-order valence-corrected chi connectivity index (χ2v) is 5.60. The number of urea groups is 1. The molecule has 0 aliphatic carbocycles. The molecule has 0 unspecified atom stereocenters. The van der Waals surface area contributed by atoms with Gasteiger partial charge in [-0.2, -0.15) is 0 Å². The first kappa shape index (κ1) is 15.8. The van der Waals surface area contributed by atoms with Crippen LogP contribution in [-0.2, 0) is 9.59 Å². The smallest absolute Gasteiger partial charge is 0.325 e. The zero-order chi connectivity index (χ0) is 15.5. The lowest BCUT2D eigenvalue weighted by molar-refractivity contribution is -0.139. The molecule has 0 radical (unpaired) electrons. The van der Waals surface area contributed by atoms with Crippen LogP contribution in [0.3, 0.4) is 0 Å². The SMILES string of the molecule is CCC1(CC)NC(=O)N(CC(=O)N2CCCNCC2)C1=O. The molecule has 0 bridgehead atoms. The number of imide groups is 1. The maximum atomic E-state index is 12.4. The van der Waals surface area contributed by atoms with E-state index in [1.807, 2.05) is 13.8 Å². The van der Waals surface area contributed by atoms with Crippen molar-refractivity contribution < 1.29 is 14.4 Å². The first-order valence-corrected chi connectivity index (χ1v) is 7.66. The highest BCUT2D eigenvalue weighted by atomic mass is 16.2. The Kier molecular flexibility index (Phi) is 4.82. The fourth-order valence-corrected chi connectivity index (χ4v) is 2.88. The van der Waals surface area contributed by atoms with Crippen molar-refractivity contribution in [2.45, 2.75) is 38.6 Å². The van der Waals surface area contributed by atoms with Crippen molar-refractivity contribution in [3.63, 3.8) is 0 Å². The summed E-state index contributed by atoms with van der Waals surface area (Å²) in [5.74, 6) is -0.441. The molecule has 0 aromatic heterocycles. The van der Waals surface area contributed by atoms with Gasteiger partial charge < -0.3 is 15.5 Å². The summed E-state index contributed by atoms with van der Waals surface area (Å²) < 4.78 is 0. The summed E-state index contributed by atoms with van der Waals surface area (Å²) in [6.07, 6.45) is 1.96. The summed E-state index contributed by atoms with van der Waals surface area (Å²) in [6.45, 7) is 6.51. The molecule has 7 heteroatoms. The minimum Gasteiger partial charge on any atom is -0.340 e. The van der Waals surface area contributed by atoms with Crippen LogP contribution in [0.25, 0.3) is 0 Å². The van der Waals surface area contributed by atoms with Gasteiger partial charge in [0.1, 0.15) is 12.1 Å². The van der Waals surface area contributed by atoms with Crippen LogP contribution < -0.4 is 10.6 Å². The zero-order valence-electron chi connectivity index (χ0n) is 12.8. The fraction of sp³-hybridized carbons (Fsp3) is 0.786. The molecule has 2 heterocycles. The second kappa shape index (κ2) is 6.43. The van der Waals surface area contributed by atoms with Gasteiger partial charge in [0.15, 0.2) is 0 Å². The molecular formula is C14H24N4O3. The normalized spacial score (nSPS) is 22.2. The number of carbonyl (C=O) groups excluding carboxylic acids is 3. The van der Waals surface area contributed by atoms with Crippen LogP contribution in [0.1, 0.15) is 33.1 Å². The Balaban J connectivity index is 2.03. The van der Waals surface area contributed by atoms with Gasteiger partial charge in [-0.15, -0.1) is 0 Å². The van der Waals surface area contributed by atoms with E-state index in [9.17, 15) is 14.4 Å². The lowest BCUT2D eigenvalue weighted by Gasteiger charge is -2.24. The topological polar surface area (TPSA) is 81.8 Å². The third-order valence-electron chi connectivity index (χ3n) is 4.44. The largest absolute Gasteiger partial charge is 0.340 e. The van der Waals surface area contributed by atoms with Crippen molar-refractivity contribution in [3.05, 3.63) is 0 Å². The highest BCUT2D eigenvalue weighted by Crippen LogP contribution is 2.24. The molecule has 2 rings (SSSR count). The van der Waals surface area contributed by atoms with Crippen LogP contribution in [0.5, 0.6) is 0 Å². The predicted molar refractivity (Wildman–Crippen MR) is 77.6 cm³/mol. The molecule has 2 saturated heterocycles. The maximum absolute atomic E-state index is 12.4. The number of carbonyl (C=O) groups is 3. The van der Waals surface area contributed by atoms with Gasteiger partial charge >= 0.3 is 6.03 Å². The fourth-order valence-electron chi connectivity index (χ4n) is 2.88. The van der Waals surface area contributed by atoms with Gasteiger partial charge in [-0.1, -0.05) is 13.8 Å². The van der Waals surface area contributed by atoms with Gasteiger partial charge in [0, 0.05) is 19.6 Å². The number of amides is 4. The summed E-state index contributed by atoms with van der Waals surface area (Å²) in [6, 6.07) is -0.454. The first-order valence-electron chi connectivity index (χ1n) is 7.66. The summed E-state index contributed by atoms with van der Waals surface area (Å²) in [5, 5.41) is 5.96. The van der Waals surface area contributed by atoms with Crippen LogP contribution in [0.2, 0.25) is 0 Å². The summed E-state index contributed by atoms with van der Waals surface area (Å²) >= 11 is 0. The number of hydrogen-bond acceptors (Lipinski definition) is 4. The van der Waals surface area contributed by atoms with E-state index in [1.165, 1.54) is 0 Å². The van der Waals surface area contributed by atoms with Crippen LogP contribution in [0.15, 0.2) is 0 Å². The molecule has 2 aliphatic heterocycles. The summed E-state index contributed by atoms with van der Waals surface area (Å²) in [4.78, 5) is 39.6. The number of nitrogens with zero attached hydrogens (tertiary/aromatic N) is 2.